The largest absolute Gasteiger partial charge is 0.386 e. The zero-order valence-electron chi connectivity index (χ0n) is 11.8. The van der Waals surface area contributed by atoms with E-state index in [2.05, 4.69) is 4.74 Å². The Labute approximate surface area is 126 Å². The van der Waals surface area contributed by atoms with E-state index in [-0.39, 0.29) is 32.7 Å². The molecule has 114 valence electrons. The van der Waals surface area contributed by atoms with Crippen LogP contribution in [0.3, 0.4) is 0 Å². The van der Waals surface area contributed by atoms with Crippen molar-refractivity contribution in [2.24, 2.45) is 0 Å². The maximum atomic E-state index is 11.9. The first-order valence-corrected chi connectivity index (χ1v) is 7.99. The minimum atomic E-state index is -4.50. The van der Waals surface area contributed by atoms with E-state index in [1.165, 1.54) is 12.1 Å². The third-order valence-corrected chi connectivity index (χ3v) is 4.58. The van der Waals surface area contributed by atoms with Crippen molar-refractivity contribution in [2.75, 3.05) is 0 Å². The minimum absolute atomic E-state index is 0.0714. The van der Waals surface area contributed by atoms with Crippen molar-refractivity contribution in [1.29, 1.82) is 0 Å². The first-order chi connectivity index (χ1) is 10.2. The summed E-state index contributed by atoms with van der Waals surface area (Å²) in [7, 11) is -4.50. The summed E-state index contributed by atoms with van der Waals surface area (Å²) in [6.45, 7) is 3.70. The molecule has 22 heavy (non-hydrogen) atoms. The minimum Gasteiger partial charge on any atom is -0.386 e. The SMILES string of the molecule is CC(C)c1ccc2c3c(ccc(S(=O)(=O)O)c13)C(=O)OC2=O. The zero-order chi connectivity index (χ0) is 16.2. The molecule has 0 amide bonds. The van der Waals surface area contributed by atoms with Crippen molar-refractivity contribution in [3.05, 3.63) is 41.0 Å². The molecule has 7 heteroatoms. The van der Waals surface area contributed by atoms with Crippen LogP contribution in [0.15, 0.2) is 29.2 Å². The van der Waals surface area contributed by atoms with Gasteiger partial charge in [-0.1, -0.05) is 19.9 Å². The molecule has 0 fully saturated rings. The monoisotopic (exact) mass is 320 g/mol. The molecule has 0 saturated heterocycles. The molecule has 1 heterocycles. The van der Waals surface area contributed by atoms with Gasteiger partial charge in [0.05, 0.1) is 11.1 Å². The van der Waals surface area contributed by atoms with Gasteiger partial charge in [0.1, 0.15) is 4.90 Å². The summed E-state index contributed by atoms with van der Waals surface area (Å²) < 4.78 is 37.4. The van der Waals surface area contributed by atoms with Gasteiger partial charge < -0.3 is 4.74 Å². The van der Waals surface area contributed by atoms with Crippen LogP contribution in [-0.2, 0) is 14.9 Å². The Bertz CT molecular complexity index is 920. The molecule has 1 aliphatic heterocycles. The molecule has 0 spiro atoms. The topological polar surface area (TPSA) is 97.7 Å². The van der Waals surface area contributed by atoms with E-state index in [4.69, 9.17) is 0 Å². The summed E-state index contributed by atoms with van der Waals surface area (Å²) >= 11 is 0. The van der Waals surface area contributed by atoms with Crippen molar-refractivity contribution in [1.82, 2.24) is 0 Å². The molecular weight excluding hydrogens is 308 g/mol. The van der Waals surface area contributed by atoms with Gasteiger partial charge in [0.2, 0.25) is 0 Å². The second-order valence-corrected chi connectivity index (χ2v) is 6.76. The lowest BCUT2D eigenvalue weighted by Gasteiger charge is -2.20. The Morgan fingerprint density at radius 3 is 2.00 bits per heavy atom. The molecule has 0 radical (unpaired) electrons. The summed E-state index contributed by atoms with van der Waals surface area (Å²) in [4.78, 5) is 23.4. The second kappa shape index (κ2) is 4.62. The van der Waals surface area contributed by atoms with Crippen LogP contribution < -0.4 is 0 Å². The number of ether oxygens (including phenoxy) is 1. The summed E-state index contributed by atoms with van der Waals surface area (Å²) in [5.41, 5.74) is 0.842. The fourth-order valence-corrected chi connectivity index (χ4v) is 3.44. The van der Waals surface area contributed by atoms with Crippen LogP contribution in [0.5, 0.6) is 0 Å². The highest BCUT2D eigenvalue weighted by atomic mass is 32.2. The summed E-state index contributed by atoms with van der Waals surface area (Å²) in [5.74, 6) is -1.73. The van der Waals surface area contributed by atoms with Crippen LogP contribution in [0.1, 0.15) is 46.0 Å². The van der Waals surface area contributed by atoms with E-state index in [0.29, 0.717) is 5.56 Å². The van der Waals surface area contributed by atoms with Gasteiger partial charge in [0.15, 0.2) is 0 Å². The maximum Gasteiger partial charge on any atom is 0.346 e. The molecule has 6 nitrogen and oxygen atoms in total. The fraction of sp³-hybridized carbons (Fsp3) is 0.200. The average molecular weight is 320 g/mol. The molecule has 1 aliphatic rings. The third kappa shape index (κ3) is 2.01. The van der Waals surface area contributed by atoms with E-state index in [1.54, 1.807) is 6.07 Å². The molecule has 0 aliphatic carbocycles. The average Bonchev–Trinajstić information content (AvgIpc) is 2.42. The number of rotatable bonds is 2. The summed E-state index contributed by atoms with van der Waals surface area (Å²) in [6.07, 6.45) is 0. The van der Waals surface area contributed by atoms with E-state index in [1.807, 2.05) is 13.8 Å². The highest BCUT2D eigenvalue weighted by Crippen LogP contribution is 2.37. The van der Waals surface area contributed by atoms with Crippen molar-refractivity contribution in [2.45, 2.75) is 24.7 Å². The van der Waals surface area contributed by atoms with Crippen molar-refractivity contribution >= 4 is 32.8 Å². The maximum absolute atomic E-state index is 11.9. The first kappa shape index (κ1) is 14.7. The Balaban J connectivity index is 2.62. The van der Waals surface area contributed by atoms with Crippen LogP contribution in [0, 0.1) is 0 Å². The second-order valence-electron chi connectivity index (χ2n) is 5.37. The number of esters is 2. The third-order valence-electron chi connectivity index (χ3n) is 3.68. The number of carbonyl (C=O) groups excluding carboxylic acids is 2. The van der Waals surface area contributed by atoms with Crippen LogP contribution >= 0.6 is 0 Å². The van der Waals surface area contributed by atoms with Crippen molar-refractivity contribution < 1.29 is 27.3 Å². The molecule has 0 aromatic heterocycles. The Kier molecular flexibility index (Phi) is 3.08. The highest BCUT2D eigenvalue weighted by molar-refractivity contribution is 7.86. The van der Waals surface area contributed by atoms with Crippen LogP contribution in [0.4, 0.5) is 0 Å². The lowest BCUT2D eigenvalue weighted by atomic mass is 9.89. The van der Waals surface area contributed by atoms with Gasteiger partial charge in [0.25, 0.3) is 10.1 Å². The molecule has 3 rings (SSSR count). The van der Waals surface area contributed by atoms with Crippen molar-refractivity contribution in [3.8, 4) is 0 Å². The molecule has 0 unspecified atom stereocenters. The van der Waals surface area contributed by atoms with E-state index in [9.17, 15) is 22.6 Å². The Hall–Kier alpha value is -2.25. The van der Waals surface area contributed by atoms with Gasteiger partial charge in [-0.2, -0.15) is 8.42 Å². The quantitative estimate of drug-likeness (QED) is 0.519. The van der Waals surface area contributed by atoms with Crippen LogP contribution in [-0.4, -0.2) is 24.9 Å². The van der Waals surface area contributed by atoms with Crippen LogP contribution in [0.2, 0.25) is 0 Å². The van der Waals surface area contributed by atoms with Gasteiger partial charge in [-0.15, -0.1) is 0 Å². The predicted octanol–water partition coefficient (Wildman–Crippen LogP) is 2.52. The summed E-state index contributed by atoms with van der Waals surface area (Å²) in [5, 5.41) is 0.403. The first-order valence-electron chi connectivity index (χ1n) is 6.55. The lowest BCUT2D eigenvalue weighted by Crippen LogP contribution is -2.20. The number of hydrogen-bond acceptors (Lipinski definition) is 5. The fourth-order valence-electron chi connectivity index (χ4n) is 2.72. The number of cyclic esters (lactones) is 2. The van der Waals surface area contributed by atoms with E-state index in [0.717, 1.165) is 6.07 Å². The Morgan fingerprint density at radius 2 is 1.50 bits per heavy atom. The number of hydrogen-bond donors (Lipinski definition) is 1. The number of benzene rings is 2. The van der Waals surface area contributed by atoms with Gasteiger partial charge in [0, 0.05) is 10.8 Å². The van der Waals surface area contributed by atoms with Gasteiger partial charge in [-0.05, 0) is 29.7 Å². The molecule has 0 atom stereocenters. The molecule has 0 bridgehead atoms. The lowest BCUT2D eigenvalue weighted by molar-refractivity contribution is 0.0391. The predicted molar refractivity (Wildman–Crippen MR) is 77.6 cm³/mol. The molecular formula is C15H12O6S. The summed E-state index contributed by atoms with van der Waals surface area (Å²) in [6, 6.07) is 5.51. The van der Waals surface area contributed by atoms with Gasteiger partial charge in [-0.3, -0.25) is 4.55 Å². The van der Waals surface area contributed by atoms with Gasteiger partial charge in [-0.25, -0.2) is 9.59 Å². The van der Waals surface area contributed by atoms with Crippen LogP contribution in [0.25, 0.3) is 10.8 Å². The molecule has 2 aromatic rings. The molecule has 0 saturated carbocycles. The standard InChI is InChI=1S/C15H12O6S/c1-7(2)8-3-4-9-12-10(15(17)21-14(9)16)5-6-11(13(8)12)22(18,19)20/h3-7H,1-2H3,(H,18,19,20). The molecule has 2 aromatic carbocycles. The van der Waals surface area contributed by atoms with Crippen molar-refractivity contribution in [3.63, 3.8) is 0 Å². The normalized spacial score (nSPS) is 14.5. The smallest absolute Gasteiger partial charge is 0.346 e. The molecule has 1 N–H and O–H groups in total. The van der Waals surface area contributed by atoms with E-state index < -0.39 is 22.1 Å². The zero-order valence-corrected chi connectivity index (χ0v) is 12.6. The van der Waals surface area contributed by atoms with Gasteiger partial charge >= 0.3 is 11.9 Å². The highest BCUT2D eigenvalue weighted by Gasteiger charge is 2.31. The van der Waals surface area contributed by atoms with E-state index >= 15 is 0 Å². The Morgan fingerprint density at radius 1 is 0.955 bits per heavy atom. The number of carbonyl (C=O) groups is 2.